The summed E-state index contributed by atoms with van der Waals surface area (Å²) in [6.45, 7) is 50.2. The zero-order valence-electron chi connectivity index (χ0n) is 71.7. The SMILES string of the molecule is C[C@H](CI)CCC(=O)[C@@H](C)[C@H]1C(=O)C[C@H]2[C@@H]3CC=C4C[C@@H](O[C@@H]5O[C@H](COC(=O)C(C)(C)C)[C@@H](O[C@@H]6O[C@@H](C)[C@H](OC(=O)C(C)(C)C)[C@@H](OC(=O)C(C)(C)C)[C@H]6OC(=O)C(C)(C)C)[C@H](OC(=O)C(C)(C)C)[C@H]5O[C@@H]5O[C@@H](C)[C@H](OC(=O)C(C)(C)C)[C@@H](OC(=O)C(C)(C)C)[C@H]5OC(=O)C(C)(C)C)CC[C@]4(C)[C@H]3CC[C@]12C. The van der Waals surface area contributed by atoms with E-state index < -0.39 is 196 Å². The van der Waals surface area contributed by atoms with Gasteiger partial charge in [0, 0.05) is 29.1 Å². The molecule has 0 aromatic heterocycles. The van der Waals surface area contributed by atoms with E-state index >= 15 is 4.79 Å². The first-order chi connectivity index (χ1) is 50.0. The summed E-state index contributed by atoms with van der Waals surface area (Å²) >= 11 is 2.36. The summed E-state index contributed by atoms with van der Waals surface area (Å²) < 4.78 is 95.3. The zero-order valence-corrected chi connectivity index (χ0v) is 73.9. The quantitative estimate of drug-likeness (QED) is 0.0339. The van der Waals surface area contributed by atoms with Crippen LogP contribution in [0.2, 0.25) is 0 Å². The Bertz CT molecular complexity index is 3370. The number of fused-ring (bicyclic) bond motifs is 5. The van der Waals surface area contributed by atoms with Crippen LogP contribution in [0, 0.1) is 89.7 Å². The average molecular weight is 1670 g/mol. The van der Waals surface area contributed by atoms with Crippen molar-refractivity contribution < 1.29 is 114 Å². The third-order valence-corrected chi connectivity index (χ3v) is 24.6. The number of Topliss-reactive ketones (excluding diaryl/α,β-unsaturated/α-hetero) is 2. The molecule has 0 spiro atoms. The summed E-state index contributed by atoms with van der Waals surface area (Å²) in [4.78, 5) is 145. The van der Waals surface area contributed by atoms with E-state index in [1.165, 1.54) is 0 Å². The van der Waals surface area contributed by atoms with Gasteiger partial charge in [0.25, 0.3) is 0 Å². The van der Waals surface area contributed by atoms with Crippen LogP contribution in [0.3, 0.4) is 0 Å². The number of allylic oxidation sites excluding steroid dienone is 1. The van der Waals surface area contributed by atoms with Gasteiger partial charge in [-0.1, -0.05) is 61.9 Å². The van der Waals surface area contributed by atoms with Crippen LogP contribution in [0.25, 0.3) is 0 Å². The fourth-order valence-electron chi connectivity index (χ4n) is 15.9. The maximum Gasteiger partial charge on any atom is 0.311 e. The van der Waals surface area contributed by atoms with Crippen molar-refractivity contribution in [1.82, 2.24) is 0 Å². The van der Waals surface area contributed by atoms with Gasteiger partial charge in [0.05, 0.1) is 61.6 Å². The highest BCUT2D eigenvalue weighted by molar-refractivity contribution is 14.1. The Morgan fingerprint density at radius 2 is 0.836 bits per heavy atom. The van der Waals surface area contributed by atoms with E-state index in [0.717, 1.165) is 29.3 Å². The number of carbonyl (C=O) groups excluding carboxylic acids is 10. The fraction of sp³-hybridized carbons (Fsp3) is 0.859. The number of rotatable bonds is 21. The second-order valence-electron chi connectivity index (χ2n) is 41.4. The van der Waals surface area contributed by atoms with Crippen LogP contribution >= 0.6 is 22.6 Å². The smallest absolute Gasteiger partial charge is 0.311 e. The van der Waals surface area contributed by atoms with Crippen LogP contribution in [-0.4, -0.2) is 169 Å². The Kier molecular flexibility index (Phi) is 28.8. The van der Waals surface area contributed by atoms with Gasteiger partial charge in [0.2, 0.25) is 0 Å². The molecule has 4 aliphatic carbocycles. The first kappa shape index (κ1) is 92.5. The molecule has 0 aromatic rings. The van der Waals surface area contributed by atoms with Gasteiger partial charge in [-0.05, 0) is 259 Å². The molecule has 3 saturated heterocycles. The Morgan fingerprint density at radius 3 is 1.24 bits per heavy atom. The monoisotopic (exact) mass is 1670 g/mol. The van der Waals surface area contributed by atoms with Crippen molar-refractivity contribution in [2.45, 2.75) is 364 Å². The van der Waals surface area contributed by atoms with Gasteiger partial charge in [-0.15, -0.1) is 0 Å². The molecule has 110 heavy (non-hydrogen) atoms. The number of esters is 8. The van der Waals surface area contributed by atoms with Crippen molar-refractivity contribution in [3.8, 4) is 0 Å². The predicted octanol–water partition coefficient (Wildman–Crippen LogP) is 14.5. The number of ketones is 2. The molecule has 7 rings (SSSR count). The van der Waals surface area contributed by atoms with Crippen LogP contribution < -0.4 is 0 Å². The summed E-state index contributed by atoms with van der Waals surface area (Å²) in [5.74, 6) is -5.77. The molecule has 3 aliphatic heterocycles. The van der Waals surface area contributed by atoms with Gasteiger partial charge in [-0.3, -0.25) is 47.9 Å². The lowest BCUT2D eigenvalue weighted by Gasteiger charge is -2.58. The van der Waals surface area contributed by atoms with Gasteiger partial charge in [0.15, 0.2) is 67.7 Å². The number of ether oxygens (including phenoxy) is 14. The van der Waals surface area contributed by atoms with Crippen molar-refractivity contribution in [2.24, 2.45) is 89.7 Å². The van der Waals surface area contributed by atoms with E-state index in [-0.39, 0.29) is 52.0 Å². The lowest BCUT2D eigenvalue weighted by Crippen LogP contribution is -2.69. The maximum atomic E-state index is 15.3. The number of hydrogen-bond donors (Lipinski definition) is 0. The third kappa shape index (κ3) is 21.5. The molecule has 24 atom stereocenters. The van der Waals surface area contributed by atoms with E-state index in [9.17, 15) is 43.2 Å². The minimum Gasteiger partial charge on any atom is -0.462 e. The first-order valence-corrected chi connectivity index (χ1v) is 41.5. The maximum absolute atomic E-state index is 15.3. The molecule has 6 fully saturated rings. The van der Waals surface area contributed by atoms with Gasteiger partial charge in [-0.2, -0.15) is 0 Å². The minimum absolute atomic E-state index is 0.0696. The summed E-state index contributed by atoms with van der Waals surface area (Å²) in [6.07, 6.45) is -17.8. The molecule has 0 aromatic carbocycles. The van der Waals surface area contributed by atoms with Crippen molar-refractivity contribution >= 4 is 81.9 Å². The van der Waals surface area contributed by atoms with Gasteiger partial charge in [0.1, 0.15) is 30.4 Å². The molecule has 0 amide bonds. The topological polar surface area (TPSA) is 300 Å². The fourth-order valence-corrected chi connectivity index (χ4v) is 16.3. The molecule has 3 saturated carbocycles. The van der Waals surface area contributed by atoms with Crippen molar-refractivity contribution in [3.05, 3.63) is 11.6 Å². The summed E-state index contributed by atoms with van der Waals surface area (Å²) in [5, 5.41) is 0. The van der Waals surface area contributed by atoms with E-state index in [1.807, 2.05) is 6.92 Å². The number of hydrogen-bond acceptors (Lipinski definition) is 24. The summed E-state index contributed by atoms with van der Waals surface area (Å²) in [6, 6.07) is 0. The molecule has 3 heterocycles. The molecule has 24 nitrogen and oxygen atoms in total. The molecule has 0 unspecified atom stereocenters. The minimum atomic E-state index is -1.87. The number of carbonyl (C=O) groups is 10. The van der Waals surface area contributed by atoms with E-state index in [2.05, 4.69) is 49.4 Å². The Labute approximate surface area is 668 Å². The van der Waals surface area contributed by atoms with Gasteiger partial charge >= 0.3 is 47.8 Å². The largest absolute Gasteiger partial charge is 0.462 e. The summed E-state index contributed by atoms with van der Waals surface area (Å²) in [5.41, 5.74) is -9.13. The van der Waals surface area contributed by atoms with E-state index in [1.54, 1.807) is 180 Å². The average Bonchev–Trinajstić information content (AvgIpc) is 1.47. The van der Waals surface area contributed by atoms with Crippen molar-refractivity contribution in [1.29, 1.82) is 0 Å². The lowest BCUT2D eigenvalue weighted by atomic mass is 9.47. The second kappa shape index (κ2) is 34.3. The van der Waals surface area contributed by atoms with Crippen molar-refractivity contribution in [2.75, 3.05) is 11.0 Å². The van der Waals surface area contributed by atoms with Gasteiger partial charge < -0.3 is 66.3 Å². The highest BCUT2D eigenvalue weighted by Crippen LogP contribution is 2.67. The molecule has 0 N–H and O–H groups in total. The molecule has 25 heteroatoms. The number of halogens is 1. The Balaban J connectivity index is 1.45. The lowest BCUT2D eigenvalue weighted by molar-refractivity contribution is -0.390. The van der Waals surface area contributed by atoms with E-state index in [0.29, 0.717) is 44.4 Å². The van der Waals surface area contributed by atoms with Crippen LogP contribution in [0.5, 0.6) is 0 Å². The third-order valence-electron chi connectivity index (χ3n) is 23.1. The molecule has 7 aliphatic rings. The normalized spacial score (nSPS) is 34.4. The molecular formula is C85H135IO24. The second-order valence-corrected chi connectivity index (χ2v) is 42.2. The number of alkyl halides is 1. The highest BCUT2D eigenvalue weighted by atomic mass is 127. The van der Waals surface area contributed by atoms with Crippen LogP contribution in [0.1, 0.15) is 265 Å². The summed E-state index contributed by atoms with van der Waals surface area (Å²) in [7, 11) is 0. The zero-order chi connectivity index (χ0) is 83.4. The predicted molar refractivity (Wildman–Crippen MR) is 415 cm³/mol. The van der Waals surface area contributed by atoms with Crippen LogP contribution in [-0.2, 0) is 114 Å². The van der Waals surface area contributed by atoms with E-state index in [4.69, 9.17) is 66.3 Å². The molecular weight excluding hydrogens is 1530 g/mol. The van der Waals surface area contributed by atoms with Gasteiger partial charge in [-0.25, -0.2) is 0 Å². The Morgan fingerprint density at radius 1 is 0.464 bits per heavy atom. The standard InChI is InChI=1S/C85H135IO24/c1-43(41-86)31-34-52(87)44(2)55-53(88)40-51-49-33-32-47-39-48(35-37-84(47,29)50(49)36-38-85(51,55)30)100-67-62(103-66-64(110-75(96)83(26,27)28)60(107-72(93)80(17,18)19)57(46(4)99-66)105-70(91)78(11,12)13)61(108-73(94)81(20,21)22)58(54(101-67)42-97-68(89)76(5,6)7)102-65-63(109-74(95)82(23,24)25)59(106-71(92)79(14,15)16)56(45(3)98-65)104-69(90)77(8,9)10/h32,43-46,48-51,54-67H,31,33-42H2,1-30H3/t43-,44+,45-,46-,48-,49+,50-,51-,54+,55-,56-,57-,58+,59+,60+,61-,62+,63+,64+,65-,66-,67+,84-,85-/m0/s1. The molecule has 626 valence electrons. The van der Waals surface area contributed by atoms with Crippen LogP contribution in [0.4, 0.5) is 0 Å². The highest BCUT2D eigenvalue weighted by Gasteiger charge is 2.65. The van der Waals surface area contributed by atoms with Crippen LogP contribution in [0.15, 0.2) is 11.6 Å². The molecule has 0 radical (unpaired) electrons. The molecule has 0 bridgehead atoms. The van der Waals surface area contributed by atoms with Crippen molar-refractivity contribution in [3.63, 3.8) is 0 Å². The Hall–Kier alpha value is -4.67. The first-order valence-electron chi connectivity index (χ1n) is 39.9.